The van der Waals surface area contributed by atoms with Crippen LogP contribution in [0.4, 0.5) is 0 Å². The van der Waals surface area contributed by atoms with E-state index in [4.69, 9.17) is 5.73 Å². The van der Waals surface area contributed by atoms with Crippen molar-refractivity contribution in [3.63, 3.8) is 0 Å². The number of carbonyl (C=O) groups excluding carboxylic acids is 1. The minimum Gasteiger partial charge on any atom is -0.355 e. The van der Waals surface area contributed by atoms with E-state index in [2.05, 4.69) is 17.3 Å². The van der Waals surface area contributed by atoms with Crippen molar-refractivity contribution in [1.82, 2.24) is 10.2 Å². The topological polar surface area (TPSA) is 58.4 Å². The van der Waals surface area contributed by atoms with Crippen LogP contribution in [0.3, 0.4) is 0 Å². The molecular formula is C18H33N3O. The summed E-state index contributed by atoms with van der Waals surface area (Å²) in [5, 5.41) is 3.19. The summed E-state index contributed by atoms with van der Waals surface area (Å²) in [7, 11) is 2.20. The van der Waals surface area contributed by atoms with Crippen LogP contribution in [-0.2, 0) is 4.79 Å². The number of likely N-dealkylation sites (N-methyl/N-ethyl adjacent to an activating group) is 1. The summed E-state index contributed by atoms with van der Waals surface area (Å²) in [6, 6.07) is 1.09. The third kappa shape index (κ3) is 3.65. The van der Waals surface area contributed by atoms with Crippen molar-refractivity contribution in [1.29, 1.82) is 0 Å². The van der Waals surface area contributed by atoms with E-state index >= 15 is 0 Å². The maximum Gasteiger partial charge on any atom is 0.223 e. The first kappa shape index (κ1) is 16.3. The molecule has 0 aromatic rings. The standard InChI is InChI=1S/C18H33N3O/c1-21(16-7-2-3-8-16)10-9-20-18(22)15-11-13-5-4-6-14(12-15)17(13)19/h13-17H,2-12,19H2,1H3,(H,20,22). The SMILES string of the molecule is CN(CCNC(=O)C1CC2CCCC(C1)C2N)C1CCCC1. The Morgan fingerprint density at radius 3 is 2.36 bits per heavy atom. The lowest BCUT2D eigenvalue weighted by molar-refractivity contribution is -0.127. The van der Waals surface area contributed by atoms with Crippen LogP contribution in [0, 0.1) is 17.8 Å². The Balaban J connectivity index is 1.40. The molecule has 3 aliphatic rings. The van der Waals surface area contributed by atoms with Gasteiger partial charge in [-0.25, -0.2) is 0 Å². The largest absolute Gasteiger partial charge is 0.355 e. The van der Waals surface area contributed by atoms with Gasteiger partial charge in [-0.3, -0.25) is 4.79 Å². The molecule has 1 amide bonds. The van der Waals surface area contributed by atoms with Crippen LogP contribution in [0.1, 0.15) is 57.8 Å². The van der Waals surface area contributed by atoms with E-state index in [9.17, 15) is 4.79 Å². The molecule has 3 fully saturated rings. The van der Waals surface area contributed by atoms with E-state index in [1.807, 2.05) is 0 Å². The maximum absolute atomic E-state index is 12.5. The second kappa shape index (κ2) is 7.31. The molecule has 126 valence electrons. The zero-order valence-electron chi connectivity index (χ0n) is 14.1. The van der Waals surface area contributed by atoms with Crippen molar-refractivity contribution in [2.45, 2.75) is 69.9 Å². The zero-order valence-corrected chi connectivity index (χ0v) is 14.1. The van der Waals surface area contributed by atoms with Crippen LogP contribution < -0.4 is 11.1 Å². The molecule has 0 heterocycles. The van der Waals surface area contributed by atoms with Gasteiger partial charge in [0.1, 0.15) is 0 Å². The van der Waals surface area contributed by atoms with Crippen LogP contribution in [-0.4, -0.2) is 43.0 Å². The number of rotatable bonds is 5. The van der Waals surface area contributed by atoms with Crippen LogP contribution in [0.15, 0.2) is 0 Å². The van der Waals surface area contributed by atoms with E-state index in [0.29, 0.717) is 17.9 Å². The van der Waals surface area contributed by atoms with Gasteiger partial charge in [-0.05, 0) is 57.4 Å². The fraction of sp³-hybridized carbons (Fsp3) is 0.944. The highest BCUT2D eigenvalue weighted by atomic mass is 16.1. The molecule has 0 aliphatic heterocycles. The Morgan fingerprint density at radius 2 is 1.73 bits per heavy atom. The molecule has 2 atom stereocenters. The van der Waals surface area contributed by atoms with Gasteiger partial charge in [-0.15, -0.1) is 0 Å². The van der Waals surface area contributed by atoms with E-state index < -0.39 is 0 Å². The molecule has 0 radical (unpaired) electrons. The summed E-state index contributed by atoms with van der Waals surface area (Å²) in [4.78, 5) is 14.9. The predicted molar refractivity (Wildman–Crippen MR) is 89.4 cm³/mol. The summed E-state index contributed by atoms with van der Waals surface area (Å²) in [5.41, 5.74) is 6.32. The van der Waals surface area contributed by atoms with Gasteiger partial charge in [-0.2, -0.15) is 0 Å². The average Bonchev–Trinajstić information content (AvgIpc) is 3.01. The summed E-state index contributed by atoms with van der Waals surface area (Å²) < 4.78 is 0. The van der Waals surface area contributed by atoms with Gasteiger partial charge < -0.3 is 16.0 Å². The number of hydrogen-bond acceptors (Lipinski definition) is 3. The van der Waals surface area contributed by atoms with Crippen molar-refractivity contribution < 1.29 is 4.79 Å². The third-order valence-corrected chi connectivity index (χ3v) is 6.50. The highest BCUT2D eigenvalue weighted by Crippen LogP contribution is 2.41. The van der Waals surface area contributed by atoms with Gasteiger partial charge in [0.15, 0.2) is 0 Å². The van der Waals surface area contributed by atoms with E-state index in [1.54, 1.807) is 0 Å². The lowest BCUT2D eigenvalue weighted by Gasteiger charge is -2.43. The molecule has 3 saturated carbocycles. The minimum atomic E-state index is 0.215. The number of nitrogens with zero attached hydrogens (tertiary/aromatic N) is 1. The molecular weight excluding hydrogens is 274 g/mol. The molecule has 0 saturated heterocycles. The van der Waals surface area contributed by atoms with Gasteiger partial charge in [0.25, 0.3) is 0 Å². The molecule has 2 unspecified atom stereocenters. The molecule has 3 aliphatic carbocycles. The van der Waals surface area contributed by atoms with Crippen molar-refractivity contribution in [2.75, 3.05) is 20.1 Å². The lowest BCUT2D eigenvalue weighted by Crippen LogP contribution is -2.49. The Hall–Kier alpha value is -0.610. The van der Waals surface area contributed by atoms with Crippen molar-refractivity contribution in [3.05, 3.63) is 0 Å². The Morgan fingerprint density at radius 1 is 1.09 bits per heavy atom. The fourth-order valence-electron chi connectivity index (χ4n) is 5.03. The Bertz CT molecular complexity index is 367. The fourth-order valence-corrected chi connectivity index (χ4v) is 5.03. The summed E-state index contributed by atoms with van der Waals surface area (Å²) in [5.74, 6) is 1.67. The number of hydrogen-bond donors (Lipinski definition) is 2. The van der Waals surface area contributed by atoms with E-state index in [1.165, 1.54) is 44.9 Å². The van der Waals surface area contributed by atoms with E-state index in [-0.39, 0.29) is 11.8 Å². The normalized spacial score (nSPS) is 35.8. The zero-order chi connectivity index (χ0) is 15.5. The third-order valence-electron chi connectivity index (χ3n) is 6.50. The summed E-state index contributed by atoms with van der Waals surface area (Å²) in [6.07, 6.45) is 11.2. The highest BCUT2D eigenvalue weighted by Gasteiger charge is 2.40. The predicted octanol–water partition coefficient (Wildman–Crippen LogP) is 2.13. The maximum atomic E-state index is 12.5. The molecule has 0 aromatic carbocycles. The number of amides is 1. The molecule has 0 aromatic heterocycles. The number of nitrogens with two attached hydrogens (primary N) is 1. The van der Waals surface area contributed by atoms with E-state index in [0.717, 1.165) is 32.0 Å². The van der Waals surface area contributed by atoms with Crippen molar-refractivity contribution >= 4 is 5.91 Å². The molecule has 3 N–H and O–H groups in total. The number of nitrogens with one attached hydrogen (secondary N) is 1. The second-order valence-corrected chi connectivity index (χ2v) is 7.91. The monoisotopic (exact) mass is 307 g/mol. The molecule has 3 rings (SSSR count). The van der Waals surface area contributed by atoms with Gasteiger partial charge in [0.05, 0.1) is 0 Å². The minimum absolute atomic E-state index is 0.215. The van der Waals surface area contributed by atoms with Gasteiger partial charge in [-0.1, -0.05) is 19.3 Å². The first-order valence-electron chi connectivity index (χ1n) is 9.38. The van der Waals surface area contributed by atoms with Crippen molar-refractivity contribution in [3.8, 4) is 0 Å². The van der Waals surface area contributed by atoms with Gasteiger partial charge in [0.2, 0.25) is 5.91 Å². The van der Waals surface area contributed by atoms with Gasteiger partial charge >= 0.3 is 0 Å². The molecule has 0 spiro atoms. The highest BCUT2D eigenvalue weighted by molar-refractivity contribution is 5.78. The number of fused-ring (bicyclic) bond motifs is 2. The average molecular weight is 307 g/mol. The quantitative estimate of drug-likeness (QED) is 0.818. The van der Waals surface area contributed by atoms with Crippen LogP contribution in [0.2, 0.25) is 0 Å². The van der Waals surface area contributed by atoms with Crippen LogP contribution in [0.25, 0.3) is 0 Å². The molecule has 2 bridgehead atoms. The van der Waals surface area contributed by atoms with Gasteiger partial charge in [0, 0.05) is 31.1 Å². The van der Waals surface area contributed by atoms with Crippen molar-refractivity contribution in [2.24, 2.45) is 23.5 Å². The Kier molecular flexibility index (Phi) is 5.40. The molecule has 22 heavy (non-hydrogen) atoms. The second-order valence-electron chi connectivity index (χ2n) is 7.91. The molecule has 4 heteroatoms. The smallest absolute Gasteiger partial charge is 0.223 e. The van der Waals surface area contributed by atoms with Crippen LogP contribution >= 0.6 is 0 Å². The summed E-state index contributed by atoms with van der Waals surface area (Å²) in [6.45, 7) is 1.78. The Labute approximate surface area is 135 Å². The first-order chi connectivity index (χ1) is 10.6. The van der Waals surface area contributed by atoms with Crippen LogP contribution in [0.5, 0.6) is 0 Å². The first-order valence-corrected chi connectivity index (χ1v) is 9.38. The lowest BCUT2D eigenvalue weighted by atomic mass is 9.65. The molecule has 4 nitrogen and oxygen atoms in total. The number of carbonyl (C=O) groups is 1. The summed E-state index contributed by atoms with van der Waals surface area (Å²) >= 11 is 0.